The van der Waals surface area contributed by atoms with Crippen LogP contribution in [0.5, 0.6) is 0 Å². The molecular weight excluding hydrogens is 1480 g/mol. The molecule has 0 aliphatic rings. The molecule has 37 heteroatoms. The molecule has 32 N–H and O–H groups in total. The third kappa shape index (κ3) is 26.2. The molecule has 4 heterocycles. The average Bonchev–Trinajstić information content (AvgIpc) is 1.66. The van der Waals surface area contributed by atoms with E-state index in [4.69, 9.17) is 50.6 Å². The first kappa shape index (κ1) is 87.4. The van der Waals surface area contributed by atoms with Gasteiger partial charge in [0.1, 0.15) is 54.4 Å². The van der Waals surface area contributed by atoms with Crippen molar-refractivity contribution in [3.8, 4) is 0 Å². The topological polar surface area (TPSA) is 626 Å². The fraction of sp³-hybridized carbons (Fsp3) is 0.416. The molecule has 8 rings (SSSR count). The zero-order valence-electron chi connectivity index (χ0n) is 63.3. The molecule has 36 nitrogen and oxygen atoms in total. The van der Waals surface area contributed by atoms with Gasteiger partial charge >= 0.3 is 5.97 Å². The Morgan fingerprint density at radius 1 is 0.342 bits per heavy atom. The molecule has 9 amide bonds. The molecule has 0 saturated heterocycles. The fourth-order valence-corrected chi connectivity index (χ4v) is 13.6. The molecule has 4 aromatic carbocycles. The van der Waals surface area contributed by atoms with Gasteiger partial charge in [-0.15, -0.1) is 0 Å². The minimum absolute atomic E-state index is 0.0104. The van der Waals surface area contributed by atoms with Gasteiger partial charge in [-0.2, -0.15) is 12.6 Å². The van der Waals surface area contributed by atoms with Crippen LogP contribution in [0.2, 0.25) is 0 Å². The Labute approximate surface area is 663 Å². The van der Waals surface area contributed by atoms with Gasteiger partial charge in [-0.25, -0.2) is 4.79 Å². The number of hydrogen-bond donors (Lipinski definition) is 27. The van der Waals surface area contributed by atoms with E-state index in [0.29, 0.717) is 80.8 Å². The third-order valence-corrected chi connectivity index (χ3v) is 19.8. The standard InChI is InChI=1S/C77H107N25O11S/c78-29-11-9-20-51(80)65(103)94-57(26-13-31-87-75(81)82)68(106)99-63(37-46-41-93-55-24-8-4-19-50(46)55)73(111)100-60(34-43-38-90-52-21-5-1-16-47(43)52)70(108)96-56(25-10-12-30-79)67(105)98-62(36-45-40-92-54-23-7-3-18-49(45)54)72(110)101-61(35-44-39-91-53-22-6-2-17-48(44)53)71(109)97-58(27-14-32-88-76(83)84)66(104)95-59(28-15-33-89-77(85)86)69(107)102-64(42-114)74(112)113/h1-8,16-19,21-24,38-41,51,56-64,90-93,114H,9-15,20,25-37,42,78-80H2,(H,94,103)(H,95,104)(H,96,108)(H,97,109)(H,98,105)(H,99,106)(H,100,111)(H,101,110)(H,102,107)(H,112,113)(H4,81,82,87)(H4,83,84,88)(H4,85,86,89)/t51-,56-,57-,58-,59-,60-,61-,62-,63-,64-/m0/s1. The van der Waals surface area contributed by atoms with Crippen LogP contribution < -0.4 is 98.2 Å². The first-order chi connectivity index (χ1) is 54.8. The van der Waals surface area contributed by atoms with Crippen LogP contribution in [0, 0.1) is 16.2 Å². The number of fused-ring (bicyclic) bond motifs is 4. The maximum atomic E-state index is 15.7. The minimum Gasteiger partial charge on any atom is -0.480 e. The summed E-state index contributed by atoms with van der Waals surface area (Å²) in [7, 11) is 0. The number of thiol groups is 1. The number of H-pyrrole nitrogens is 4. The van der Waals surface area contributed by atoms with Crippen molar-refractivity contribution >= 4 is 133 Å². The molecule has 0 saturated carbocycles. The van der Waals surface area contributed by atoms with Crippen LogP contribution >= 0.6 is 12.6 Å². The molecule has 0 unspecified atom stereocenters. The maximum absolute atomic E-state index is 15.7. The molecular formula is C77H107N25O11S. The highest BCUT2D eigenvalue weighted by atomic mass is 32.1. The van der Waals surface area contributed by atoms with E-state index in [1.165, 1.54) is 0 Å². The van der Waals surface area contributed by atoms with E-state index >= 15 is 24.0 Å². The first-order valence-electron chi connectivity index (χ1n) is 38.0. The second-order valence-corrected chi connectivity index (χ2v) is 28.3. The second kappa shape index (κ2) is 44.1. The normalized spacial score (nSPS) is 13.9. The van der Waals surface area contributed by atoms with E-state index in [-0.39, 0.29) is 133 Å². The van der Waals surface area contributed by atoms with Crippen molar-refractivity contribution in [3.05, 3.63) is 144 Å². The maximum Gasteiger partial charge on any atom is 0.327 e. The number of carbonyl (C=O) groups is 10. The van der Waals surface area contributed by atoms with Gasteiger partial charge in [0.2, 0.25) is 53.2 Å². The number of para-hydroxylation sites is 4. The van der Waals surface area contributed by atoms with Crippen LogP contribution in [-0.2, 0) is 73.6 Å². The van der Waals surface area contributed by atoms with Gasteiger partial charge < -0.3 is 123 Å². The van der Waals surface area contributed by atoms with Gasteiger partial charge in [0.05, 0.1) is 6.04 Å². The largest absolute Gasteiger partial charge is 0.480 e. The Balaban J connectivity index is 1.14. The fourth-order valence-electron chi connectivity index (χ4n) is 13.4. The number of nitrogens with two attached hydrogens (primary N) is 6. The number of carboxylic acids is 1. The number of carboxylic acid groups (broad SMARTS) is 1. The molecule has 0 radical (unpaired) electrons. The number of benzene rings is 4. The van der Waals surface area contributed by atoms with E-state index in [1.54, 1.807) is 55.1 Å². The van der Waals surface area contributed by atoms with Crippen molar-refractivity contribution in [1.82, 2.24) is 83.7 Å². The van der Waals surface area contributed by atoms with Crippen molar-refractivity contribution in [1.29, 1.82) is 16.2 Å². The highest BCUT2D eigenvalue weighted by molar-refractivity contribution is 7.80. The van der Waals surface area contributed by atoms with Crippen LogP contribution in [0.1, 0.15) is 99.3 Å². The molecule has 612 valence electrons. The number of aliphatic carboxylic acids is 1. The van der Waals surface area contributed by atoms with Crippen LogP contribution in [0.25, 0.3) is 43.6 Å². The van der Waals surface area contributed by atoms with Crippen LogP contribution in [0.15, 0.2) is 122 Å². The van der Waals surface area contributed by atoms with E-state index < -0.39 is 120 Å². The van der Waals surface area contributed by atoms with Crippen molar-refractivity contribution in [2.75, 3.05) is 38.5 Å². The van der Waals surface area contributed by atoms with Crippen molar-refractivity contribution in [3.63, 3.8) is 0 Å². The number of unbranched alkanes of at least 4 members (excludes halogenated alkanes) is 2. The number of aromatic nitrogens is 4. The predicted octanol–water partition coefficient (Wildman–Crippen LogP) is -0.365. The molecule has 0 fully saturated rings. The van der Waals surface area contributed by atoms with Gasteiger partial charge in [0, 0.05) is 119 Å². The van der Waals surface area contributed by atoms with Gasteiger partial charge in [-0.3, -0.25) is 59.4 Å². The molecule has 0 bridgehead atoms. The molecule has 114 heavy (non-hydrogen) atoms. The lowest BCUT2D eigenvalue weighted by molar-refractivity contribution is -0.141. The zero-order valence-corrected chi connectivity index (χ0v) is 64.2. The lowest BCUT2D eigenvalue weighted by atomic mass is 9.99. The highest BCUT2D eigenvalue weighted by Gasteiger charge is 2.37. The van der Waals surface area contributed by atoms with E-state index in [2.05, 4.69) is 96.4 Å². The number of carbonyl (C=O) groups excluding carboxylic acids is 9. The molecule has 4 aromatic heterocycles. The summed E-state index contributed by atoms with van der Waals surface area (Å²) in [5, 5.41) is 68.8. The Bertz CT molecular complexity index is 4640. The SMILES string of the molecule is N=C(N)NCCC[C@H](NC(=O)[C@H](CCCNC(=N)N)NC(=O)[C@H](Cc1c[nH]c2ccccc12)NC(=O)[C@H](Cc1c[nH]c2ccccc12)NC(=O)[C@H](CCCCN)NC(=O)[C@H](Cc1c[nH]c2ccccc12)NC(=O)[C@H](Cc1c[nH]c2ccccc12)NC(=O)[C@H](CCCNC(=N)N)NC(=O)[C@@H](N)CCCCN)C(=O)N[C@@H](CS)C(=O)O. The average molecular weight is 1590 g/mol. The quantitative estimate of drug-likeness (QED) is 0.0100. The van der Waals surface area contributed by atoms with Crippen LogP contribution in [-0.4, -0.2) is 201 Å². The number of rotatable bonds is 48. The van der Waals surface area contributed by atoms with E-state index in [1.807, 2.05) is 66.7 Å². The second-order valence-electron chi connectivity index (χ2n) is 27.9. The summed E-state index contributed by atoms with van der Waals surface area (Å²) in [6.07, 6.45) is 8.17. The Hall–Kier alpha value is -12.2. The van der Waals surface area contributed by atoms with E-state index in [9.17, 15) is 29.1 Å². The van der Waals surface area contributed by atoms with Crippen molar-refractivity contribution in [2.24, 2.45) is 34.4 Å². The smallest absolute Gasteiger partial charge is 0.327 e. The monoisotopic (exact) mass is 1590 g/mol. The minimum atomic E-state index is -1.55. The molecule has 0 aliphatic heterocycles. The summed E-state index contributed by atoms with van der Waals surface area (Å²) in [4.78, 5) is 160. The lowest BCUT2D eigenvalue weighted by Gasteiger charge is -2.28. The van der Waals surface area contributed by atoms with Crippen LogP contribution in [0.3, 0.4) is 0 Å². The van der Waals surface area contributed by atoms with Gasteiger partial charge in [-0.05, 0) is 130 Å². The number of aromatic amines is 4. The first-order valence-corrected chi connectivity index (χ1v) is 38.6. The van der Waals surface area contributed by atoms with Crippen LogP contribution in [0.4, 0.5) is 0 Å². The summed E-state index contributed by atoms with van der Waals surface area (Å²) < 4.78 is 0. The number of amides is 9. The highest BCUT2D eigenvalue weighted by Crippen LogP contribution is 2.25. The Morgan fingerprint density at radius 3 is 0.842 bits per heavy atom. The third-order valence-electron chi connectivity index (χ3n) is 19.5. The summed E-state index contributed by atoms with van der Waals surface area (Å²) in [6.45, 7) is 0.853. The van der Waals surface area contributed by atoms with Crippen molar-refractivity contribution in [2.45, 2.75) is 163 Å². The van der Waals surface area contributed by atoms with Gasteiger partial charge in [0.15, 0.2) is 17.9 Å². The Morgan fingerprint density at radius 2 is 0.579 bits per heavy atom. The summed E-state index contributed by atoms with van der Waals surface area (Å²) >= 11 is 4.08. The number of guanidine groups is 3. The number of nitrogens with one attached hydrogen (secondary N) is 19. The van der Waals surface area contributed by atoms with Gasteiger partial charge in [-0.1, -0.05) is 79.2 Å². The molecule has 0 aliphatic carbocycles. The van der Waals surface area contributed by atoms with Gasteiger partial charge in [0.25, 0.3) is 0 Å². The molecule has 10 atom stereocenters. The summed E-state index contributed by atoms with van der Waals surface area (Å²) in [5.74, 6) is -10.3. The zero-order chi connectivity index (χ0) is 82.2. The van der Waals surface area contributed by atoms with Crippen molar-refractivity contribution < 1.29 is 53.1 Å². The molecule has 8 aromatic rings. The molecule has 0 spiro atoms. The van der Waals surface area contributed by atoms with E-state index in [0.717, 1.165) is 10.9 Å². The summed E-state index contributed by atoms with van der Waals surface area (Å²) in [6, 6.07) is 14.9. The lowest BCUT2D eigenvalue weighted by Crippen LogP contribution is -2.61. The predicted molar refractivity (Wildman–Crippen MR) is 438 cm³/mol. The Kier molecular flexibility index (Phi) is 33.8. The summed E-state index contributed by atoms with van der Waals surface area (Å²) in [5.41, 5.74) is 39.9. The number of hydrogen-bond acceptors (Lipinski definition) is 17.